The first-order valence-electron chi connectivity index (χ1n) is 8.67. The number of hydrogen-bond donors (Lipinski definition) is 2. The van der Waals surface area contributed by atoms with E-state index in [1.54, 1.807) is 12.3 Å². The highest BCUT2D eigenvalue weighted by molar-refractivity contribution is 5.56. The third-order valence-electron chi connectivity index (χ3n) is 4.81. The highest BCUT2D eigenvalue weighted by Gasteiger charge is 2.39. The van der Waals surface area contributed by atoms with Gasteiger partial charge in [0, 0.05) is 25.4 Å². The van der Waals surface area contributed by atoms with Crippen LogP contribution in [0.15, 0.2) is 23.3 Å². The summed E-state index contributed by atoms with van der Waals surface area (Å²) in [6.07, 6.45) is -0.239. The molecule has 0 amide bonds. The number of alkyl halides is 3. The molecule has 2 aromatic heterocycles. The molecule has 144 valence electrons. The Labute approximate surface area is 152 Å². The van der Waals surface area contributed by atoms with Crippen molar-refractivity contribution in [2.45, 2.75) is 38.2 Å². The number of halogens is 3. The van der Waals surface area contributed by atoms with Crippen LogP contribution in [0.2, 0.25) is 0 Å². The largest absolute Gasteiger partial charge is 0.474 e. The molecular formula is C17H18F3N5O2. The Morgan fingerprint density at radius 3 is 2.63 bits per heavy atom. The van der Waals surface area contributed by atoms with Gasteiger partial charge in [-0.25, -0.2) is 10.1 Å². The van der Waals surface area contributed by atoms with Crippen molar-refractivity contribution in [2.24, 2.45) is 0 Å². The summed E-state index contributed by atoms with van der Waals surface area (Å²) in [6, 6.07) is 1.77. The van der Waals surface area contributed by atoms with Crippen LogP contribution in [0.4, 0.5) is 18.9 Å². The number of H-pyrrole nitrogens is 1. The van der Waals surface area contributed by atoms with Gasteiger partial charge < -0.3 is 15.0 Å². The Kier molecular flexibility index (Phi) is 4.50. The number of pyridine rings is 1. The Balaban J connectivity index is 1.57. The van der Waals surface area contributed by atoms with Gasteiger partial charge in [-0.15, -0.1) is 0 Å². The van der Waals surface area contributed by atoms with Crippen LogP contribution in [0.25, 0.3) is 0 Å². The van der Waals surface area contributed by atoms with E-state index in [9.17, 15) is 18.0 Å². The molecule has 0 radical (unpaired) electrons. The molecule has 0 saturated carbocycles. The van der Waals surface area contributed by atoms with Gasteiger partial charge in [-0.2, -0.15) is 18.3 Å². The molecule has 0 aromatic carbocycles. The third kappa shape index (κ3) is 3.61. The van der Waals surface area contributed by atoms with Crippen LogP contribution in [-0.4, -0.2) is 34.4 Å². The number of nitrogens with one attached hydrogen (secondary N) is 2. The van der Waals surface area contributed by atoms with Gasteiger partial charge in [0.05, 0.1) is 11.9 Å². The molecule has 27 heavy (non-hydrogen) atoms. The van der Waals surface area contributed by atoms with Gasteiger partial charge in [0.2, 0.25) is 5.88 Å². The van der Waals surface area contributed by atoms with E-state index in [-0.39, 0.29) is 24.9 Å². The minimum atomic E-state index is -4.76. The highest BCUT2D eigenvalue weighted by atomic mass is 19.4. The summed E-state index contributed by atoms with van der Waals surface area (Å²) in [6.45, 7) is 2.23. The molecule has 0 aliphatic carbocycles. The molecule has 0 unspecified atom stereocenters. The number of piperidine rings is 1. The van der Waals surface area contributed by atoms with Crippen molar-refractivity contribution in [3.05, 3.63) is 45.5 Å². The van der Waals surface area contributed by atoms with Crippen LogP contribution in [-0.2, 0) is 19.3 Å². The molecule has 10 heteroatoms. The van der Waals surface area contributed by atoms with E-state index in [1.807, 2.05) is 5.10 Å². The summed E-state index contributed by atoms with van der Waals surface area (Å²) in [5, 5.41) is 8.65. The maximum absolute atomic E-state index is 13.3. The summed E-state index contributed by atoms with van der Waals surface area (Å²) in [5.74, 6) is 0.475. The number of nitrogens with zero attached hydrogens (tertiary/aromatic N) is 3. The molecule has 2 aromatic rings. The smallest absolute Gasteiger partial charge is 0.423 e. The lowest BCUT2D eigenvalue weighted by Gasteiger charge is -2.23. The minimum absolute atomic E-state index is 0.0861. The van der Waals surface area contributed by atoms with Crippen LogP contribution >= 0.6 is 0 Å². The Bertz CT molecular complexity index is 893. The van der Waals surface area contributed by atoms with Gasteiger partial charge in [0.15, 0.2) is 0 Å². The molecule has 0 bridgehead atoms. The van der Waals surface area contributed by atoms with E-state index in [1.165, 1.54) is 4.90 Å². The number of fused-ring (bicyclic) bond motifs is 1. The van der Waals surface area contributed by atoms with E-state index in [0.29, 0.717) is 5.88 Å². The molecule has 1 saturated heterocycles. The quantitative estimate of drug-likeness (QED) is 0.844. The lowest BCUT2D eigenvalue weighted by Crippen LogP contribution is -2.34. The van der Waals surface area contributed by atoms with E-state index in [2.05, 4.69) is 15.4 Å². The maximum atomic E-state index is 13.3. The fourth-order valence-electron chi connectivity index (χ4n) is 3.48. The van der Waals surface area contributed by atoms with Crippen molar-refractivity contribution in [3.8, 4) is 5.88 Å². The molecule has 2 aliphatic rings. The number of rotatable bonds is 3. The van der Waals surface area contributed by atoms with Gasteiger partial charge in [0.25, 0.3) is 5.56 Å². The highest BCUT2D eigenvalue weighted by Crippen LogP contribution is 2.37. The summed E-state index contributed by atoms with van der Waals surface area (Å²) in [4.78, 5) is 17.5. The van der Waals surface area contributed by atoms with E-state index in [0.717, 1.165) is 43.3 Å². The predicted octanol–water partition coefficient (Wildman–Crippen LogP) is 1.83. The lowest BCUT2D eigenvalue weighted by molar-refractivity contribution is -0.138. The fourth-order valence-corrected chi connectivity index (χ4v) is 3.48. The number of anilines is 1. The first-order chi connectivity index (χ1) is 12.9. The monoisotopic (exact) mass is 381 g/mol. The van der Waals surface area contributed by atoms with Gasteiger partial charge in [-0.1, -0.05) is 0 Å². The molecule has 1 fully saturated rings. The van der Waals surface area contributed by atoms with Crippen LogP contribution in [0.1, 0.15) is 29.5 Å². The second-order valence-corrected chi connectivity index (χ2v) is 6.67. The van der Waals surface area contributed by atoms with Gasteiger partial charge in [-0.3, -0.25) is 4.79 Å². The molecule has 7 nitrogen and oxygen atoms in total. The molecule has 4 rings (SSSR count). The second-order valence-electron chi connectivity index (χ2n) is 6.67. The van der Waals surface area contributed by atoms with Gasteiger partial charge in [0.1, 0.15) is 11.7 Å². The zero-order chi connectivity index (χ0) is 19.0. The zero-order valence-corrected chi connectivity index (χ0v) is 14.3. The lowest BCUT2D eigenvalue weighted by atomic mass is 10.1. The van der Waals surface area contributed by atoms with E-state index >= 15 is 0 Å². The Hall–Kier alpha value is -2.62. The van der Waals surface area contributed by atoms with Crippen molar-refractivity contribution < 1.29 is 17.9 Å². The maximum Gasteiger partial charge on any atom is 0.423 e. The Morgan fingerprint density at radius 1 is 1.15 bits per heavy atom. The molecule has 4 heterocycles. The van der Waals surface area contributed by atoms with Crippen molar-refractivity contribution >= 4 is 5.69 Å². The van der Waals surface area contributed by atoms with Gasteiger partial charge in [-0.05, 0) is 37.1 Å². The number of hydrogen-bond acceptors (Lipinski definition) is 6. The third-order valence-corrected chi connectivity index (χ3v) is 4.81. The molecule has 2 N–H and O–H groups in total. The van der Waals surface area contributed by atoms with Crippen molar-refractivity contribution in [1.82, 2.24) is 20.5 Å². The normalized spacial score (nSPS) is 17.8. The average Bonchev–Trinajstić information content (AvgIpc) is 3.04. The van der Waals surface area contributed by atoms with Crippen LogP contribution in [0, 0.1) is 0 Å². The minimum Gasteiger partial charge on any atom is -0.474 e. The molecule has 0 atom stereocenters. The number of aromatic amines is 1. The SMILES string of the molecule is O=c1[nH]ncc(N2Cc3cnc(OC4CCNCC4)cc3C2)c1C(F)(F)F. The van der Waals surface area contributed by atoms with Crippen molar-refractivity contribution in [2.75, 3.05) is 18.0 Å². The predicted molar refractivity (Wildman–Crippen MR) is 90.5 cm³/mol. The van der Waals surface area contributed by atoms with E-state index in [4.69, 9.17) is 4.74 Å². The van der Waals surface area contributed by atoms with Crippen LogP contribution in [0.3, 0.4) is 0 Å². The number of aromatic nitrogens is 3. The number of ether oxygens (including phenoxy) is 1. The summed E-state index contributed by atoms with van der Waals surface area (Å²) in [5.41, 5.74) is -1.07. The van der Waals surface area contributed by atoms with Gasteiger partial charge >= 0.3 is 6.18 Å². The van der Waals surface area contributed by atoms with Crippen LogP contribution < -0.4 is 20.5 Å². The molecule has 2 aliphatic heterocycles. The topological polar surface area (TPSA) is 83.1 Å². The first kappa shape index (κ1) is 17.8. The van der Waals surface area contributed by atoms with Crippen molar-refractivity contribution in [3.63, 3.8) is 0 Å². The van der Waals surface area contributed by atoms with Crippen LogP contribution in [0.5, 0.6) is 5.88 Å². The average molecular weight is 381 g/mol. The summed E-state index contributed by atoms with van der Waals surface area (Å²) < 4.78 is 45.8. The van der Waals surface area contributed by atoms with Crippen molar-refractivity contribution in [1.29, 1.82) is 0 Å². The first-order valence-corrected chi connectivity index (χ1v) is 8.67. The fraction of sp³-hybridized carbons (Fsp3) is 0.471. The zero-order valence-electron chi connectivity index (χ0n) is 14.3. The van der Waals surface area contributed by atoms with E-state index < -0.39 is 17.3 Å². The Morgan fingerprint density at radius 2 is 1.89 bits per heavy atom. The molecular weight excluding hydrogens is 363 g/mol. The summed E-state index contributed by atoms with van der Waals surface area (Å²) >= 11 is 0. The molecule has 0 spiro atoms. The summed E-state index contributed by atoms with van der Waals surface area (Å²) in [7, 11) is 0. The standard InChI is InChI=1S/C17H18F3N5O2/c18-17(19,20)15-13(7-23-24-16(15)26)25-8-10-5-14(22-6-11(10)9-25)27-12-1-3-21-4-2-12/h5-7,12,21H,1-4,8-9H2,(H,24,26). The second kappa shape index (κ2) is 6.84.